The fourth-order valence-corrected chi connectivity index (χ4v) is 2.72. The normalized spacial score (nSPS) is 14.2. The molecule has 0 aliphatic carbocycles. The summed E-state index contributed by atoms with van der Waals surface area (Å²) in [5.41, 5.74) is 8.55. The molecule has 1 aromatic carbocycles. The number of nitrogens with zero attached hydrogens (tertiary/aromatic N) is 6. The summed E-state index contributed by atoms with van der Waals surface area (Å²) < 4.78 is 5.37. The number of benzene rings is 1. The van der Waals surface area contributed by atoms with Gasteiger partial charge in [-0.25, -0.2) is 19.9 Å². The van der Waals surface area contributed by atoms with Gasteiger partial charge in [-0.1, -0.05) is 0 Å². The van der Waals surface area contributed by atoms with Crippen molar-refractivity contribution in [1.29, 1.82) is 5.26 Å². The highest BCUT2D eigenvalue weighted by molar-refractivity contribution is 5.87. The van der Waals surface area contributed by atoms with Crippen LogP contribution in [0.5, 0.6) is 0 Å². The Morgan fingerprint density at radius 2 is 2.04 bits per heavy atom. The number of rotatable bonds is 3. The minimum Gasteiger partial charge on any atom is -0.398 e. The fraction of sp³-hybridized carbons (Fsp3) is 0.235. The van der Waals surface area contributed by atoms with Crippen molar-refractivity contribution in [1.82, 2.24) is 19.9 Å². The van der Waals surface area contributed by atoms with Crippen LogP contribution < -0.4 is 16.0 Å². The van der Waals surface area contributed by atoms with Crippen molar-refractivity contribution >= 4 is 34.2 Å². The molecule has 0 radical (unpaired) electrons. The van der Waals surface area contributed by atoms with Crippen molar-refractivity contribution in [3.63, 3.8) is 0 Å². The van der Waals surface area contributed by atoms with E-state index in [2.05, 4.69) is 36.2 Å². The number of anilines is 4. The average Bonchev–Trinajstić information content (AvgIpc) is 2.70. The van der Waals surface area contributed by atoms with Crippen LogP contribution in [0.3, 0.4) is 0 Å². The van der Waals surface area contributed by atoms with Gasteiger partial charge in [0.1, 0.15) is 23.4 Å². The summed E-state index contributed by atoms with van der Waals surface area (Å²) in [6.45, 7) is 2.79. The summed E-state index contributed by atoms with van der Waals surface area (Å²) in [5, 5.41) is 12.3. The molecule has 130 valence electrons. The van der Waals surface area contributed by atoms with Gasteiger partial charge < -0.3 is 20.7 Å². The van der Waals surface area contributed by atoms with E-state index in [0.29, 0.717) is 53.0 Å². The van der Waals surface area contributed by atoms with E-state index in [4.69, 9.17) is 15.7 Å². The number of nitriles is 1. The van der Waals surface area contributed by atoms with Gasteiger partial charge in [-0.2, -0.15) is 5.26 Å². The third-order valence-electron chi connectivity index (χ3n) is 4.10. The first kappa shape index (κ1) is 16.0. The van der Waals surface area contributed by atoms with Crippen LogP contribution in [0.15, 0.2) is 30.7 Å². The van der Waals surface area contributed by atoms with Gasteiger partial charge in [-0.15, -0.1) is 0 Å². The van der Waals surface area contributed by atoms with Gasteiger partial charge >= 0.3 is 0 Å². The second-order valence-electron chi connectivity index (χ2n) is 5.76. The molecule has 1 aliphatic heterocycles. The van der Waals surface area contributed by atoms with Crippen LogP contribution in [0, 0.1) is 11.3 Å². The van der Waals surface area contributed by atoms with Crippen molar-refractivity contribution in [3.8, 4) is 6.07 Å². The maximum absolute atomic E-state index is 9.14. The zero-order valence-corrected chi connectivity index (χ0v) is 13.9. The molecule has 9 nitrogen and oxygen atoms in total. The first-order valence-corrected chi connectivity index (χ1v) is 8.12. The highest BCUT2D eigenvalue weighted by Gasteiger charge is 2.16. The summed E-state index contributed by atoms with van der Waals surface area (Å²) in [4.78, 5) is 19.6. The lowest BCUT2D eigenvalue weighted by atomic mass is 10.2. The van der Waals surface area contributed by atoms with Crippen molar-refractivity contribution in [2.24, 2.45) is 0 Å². The molecule has 3 N–H and O–H groups in total. The number of nitrogens with one attached hydrogen (secondary N) is 1. The van der Waals surface area contributed by atoms with Gasteiger partial charge in [0.25, 0.3) is 0 Å². The molecule has 9 heteroatoms. The van der Waals surface area contributed by atoms with Gasteiger partial charge in [-0.3, -0.25) is 0 Å². The van der Waals surface area contributed by atoms with Gasteiger partial charge in [0.05, 0.1) is 25.0 Å². The fourth-order valence-electron chi connectivity index (χ4n) is 2.72. The van der Waals surface area contributed by atoms with E-state index in [0.717, 1.165) is 13.1 Å². The monoisotopic (exact) mass is 348 g/mol. The van der Waals surface area contributed by atoms with Crippen LogP contribution in [0.1, 0.15) is 5.56 Å². The minimum atomic E-state index is 0.400. The molecular weight excluding hydrogens is 332 g/mol. The van der Waals surface area contributed by atoms with E-state index in [1.807, 2.05) is 0 Å². The Morgan fingerprint density at radius 3 is 2.85 bits per heavy atom. The Bertz CT molecular complexity index is 994. The smallest absolute Gasteiger partial charge is 0.226 e. The van der Waals surface area contributed by atoms with Gasteiger partial charge in [0.2, 0.25) is 5.95 Å². The number of nitrogens with two attached hydrogens (primary N) is 1. The van der Waals surface area contributed by atoms with Gasteiger partial charge in [0.15, 0.2) is 5.82 Å². The first-order valence-electron chi connectivity index (χ1n) is 8.12. The number of nitrogen functional groups attached to an aromatic ring is 1. The zero-order valence-electron chi connectivity index (χ0n) is 13.9. The van der Waals surface area contributed by atoms with Crippen LogP contribution in [-0.4, -0.2) is 46.2 Å². The summed E-state index contributed by atoms with van der Waals surface area (Å²) >= 11 is 0. The molecule has 3 aromatic rings. The maximum atomic E-state index is 9.14. The summed E-state index contributed by atoms with van der Waals surface area (Å²) in [6, 6.07) is 7.21. The van der Waals surface area contributed by atoms with Crippen LogP contribution >= 0.6 is 0 Å². The Hall–Kier alpha value is -3.51. The number of ether oxygens (including phenoxy) is 1. The van der Waals surface area contributed by atoms with E-state index in [9.17, 15) is 0 Å². The molecular formula is C17H16N8O. The van der Waals surface area contributed by atoms with Crippen LogP contribution in [0.25, 0.3) is 11.0 Å². The summed E-state index contributed by atoms with van der Waals surface area (Å²) in [7, 11) is 0. The molecule has 0 unspecified atom stereocenters. The van der Waals surface area contributed by atoms with Crippen molar-refractivity contribution in [3.05, 3.63) is 36.3 Å². The Labute approximate surface area is 149 Å². The lowest BCUT2D eigenvalue weighted by Gasteiger charge is -2.26. The van der Waals surface area contributed by atoms with Crippen LogP contribution in [-0.2, 0) is 4.74 Å². The molecule has 26 heavy (non-hydrogen) atoms. The molecule has 2 aromatic heterocycles. The van der Waals surface area contributed by atoms with Gasteiger partial charge in [-0.05, 0) is 18.2 Å². The number of fused-ring (bicyclic) bond motifs is 1. The first-order chi connectivity index (χ1) is 12.7. The number of hydrogen-bond acceptors (Lipinski definition) is 9. The molecule has 4 rings (SSSR count). The van der Waals surface area contributed by atoms with Crippen LogP contribution in [0.4, 0.5) is 23.1 Å². The number of hydrogen-bond donors (Lipinski definition) is 2. The molecule has 0 bridgehead atoms. The zero-order chi connectivity index (χ0) is 17.9. The molecule has 0 atom stereocenters. The van der Waals surface area contributed by atoms with Crippen molar-refractivity contribution in [2.45, 2.75) is 0 Å². The van der Waals surface area contributed by atoms with E-state index in [-0.39, 0.29) is 0 Å². The Kier molecular flexibility index (Phi) is 4.17. The maximum Gasteiger partial charge on any atom is 0.226 e. The predicted octanol–water partition coefficient (Wildman–Crippen LogP) is 1.45. The average molecular weight is 348 g/mol. The Morgan fingerprint density at radius 1 is 1.19 bits per heavy atom. The van der Waals surface area contributed by atoms with E-state index < -0.39 is 0 Å². The molecule has 1 fully saturated rings. The molecule has 0 spiro atoms. The summed E-state index contributed by atoms with van der Waals surface area (Å²) in [5.74, 6) is 1.16. The molecule has 3 heterocycles. The predicted molar refractivity (Wildman–Crippen MR) is 97.0 cm³/mol. The second-order valence-corrected chi connectivity index (χ2v) is 5.76. The van der Waals surface area contributed by atoms with E-state index in [1.165, 1.54) is 6.33 Å². The standard InChI is InChI=1S/C17H16N8O/c18-8-11-7-12(1-2-13(11)19)23-16-15-14(21-10-22-16)9-20-17(24-15)25-3-5-26-6-4-25/h1-2,7,9-10H,3-6,19H2,(H,21,22,23). The summed E-state index contributed by atoms with van der Waals surface area (Å²) in [6.07, 6.45) is 3.13. The third-order valence-corrected chi connectivity index (χ3v) is 4.10. The van der Waals surface area contributed by atoms with Gasteiger partial charge in [0, 0.05) is 24.5 Å². The highest BCUT2D eigenvalue weighted by Crippen LogP contribution is 2.25. The number of morpholine rings is 1. The van der Waals surface area contributed by atoms with Crippen LogP contribution in [0.2, 0.25) is 0 Å². The van der Waals surface area contributed by atoms with E-state index in [1.54, 1.807) is 24.4 Å². The molecule has 1 saturated heterocycles. The second kappa shape index (κ2) is 6.78. The largest absolute Gasteiger partial charge is 0.398 e. The Balaban J connectivity index is 1.71. The number of aromatic nitrogens is 4. The lowest BCUT2D eigenvalue weighted by Crippen LogP contribution is -2.37. The lowest BCUT2D eigenvalue weighted by molar-refractivity contribution is 0.122. The van der Waals surface area contributed by atoms with Crippen molar-refractivity contribution in [2.75, 3.05) is 42.3 Å². The third kappa shape index (κ3) is 3.05. The molecule has 0 amide bonds. The minimum absolute atomic E-state index is 0.400. The quantitative estimate of drug-likeness (QED) is 0.676. The SMILES string of the molecule is N#Cc1cc(Nc2ncnc3cnc(N4CCOCC4)nc23)ccc1N. The van der Waals surface area contributed by atoms with Crippen molar-refractivity contribution < 1.29 is 4.74 Å². The van der Waals surface area contributed by atoms with E-state index >= 15 is 0 Å². The topological polar surface area (TPSA) is 126 Å². The highest BCUT2D eigenvalue weighted by atomic mass is 16.5. The molecule has 1 aliphatic rings. The molecule has 0 saturated carbocycles.